The van der Waals surface area contributed by atoms with Crippen LogP contribution in [0.1, 0.15) is 75.7 Å². The lowest BCUT2D eigenvalue weighted by molar-refractivity contribution is -0.207. The summed E-state index contributed by atoms with van der Waals surface area (Å²) in [6.45, 7) is 6.67. The van der Waals surface area contributed by atoms with Crippen LogP contribution in [0.2, 0.25) is 0 Å². The number of ether oxygens (including phenoxy) is 2. The normalized spacial score (nSPS) is 17.2. The molecule has 214 valence electrons. The molecule has 0 bridgehead atoms. The molecule has 0 N–H and O–H groups in total. The second-order valence-corrected chi connectivity index (χ2v) is 10.6. The van der Waals surface area contributed by atoms with Crippen molar-refractivity contribution in [2.45, 2.75) is 71.0 Å². The molecule has 2 nitrogen and oxygen atoms in total. The van der Waals surface area contributed by atoms with Gasteiger partial charge in [0.2, 0.25) is 0 Å². The van der Waals surface area contributed by atoms with Crippen molar-refractivity contribution in [3.63, 3.8) is 0 Å². The first-order chi connectivity index (χ1) is 19.4. The summed E-state index contributed by atoms with van der Waals surface area (Å²) >= 11 is 0. The van der Waals surface area contributed by atoms with Gasteiger partial charge in [0.25, 0.3) is 0 Å². The van der Waals surface area contributed by atoms with Crippen LogP contribution >= 0.6 is 0 Å². The average molecular weight is 555 g/mol. The predicted molar refractivity (Wildman–Crippen MR) is 152 cm³/mol. The highest BCUT2D eigenvalue weighted by molar-refractivity contribution is 5.71. The van der Waals surface area contributed by atoms with Gasteiger partial charge in [-0.05, 0) is 42.4 Å². The molecule has 3 aromatic rings. The second kappa shape index (κ2) is 14.6. The molecule has 1 heterocycles. The Kier molecular flexibility index (Phi) is 11.0. The van der Waals surface area contributed by atoms with Crippen LogP contribution in [-0.4, -0.2) is 13.2 Å². The van der Waals surface area contributed by atoms with E-state index in [0.29, 0.717) is 36.3 Å². The van der Waals surface area contributed by atoms with E-state index in [-0.39, 0.29) is 22.6 Å². The van der Waals surface area contributed by atoms with Crippen molar-refractivity contribution in [2.24, 2.45) is 5.92 Å². The highest BCUT2D eigenvalue weighted by atomic mass is 19.2. The summed E-state index contributed by atoms with van der Waals surface area (Å²) in [5.41, 5.74) is 1.47. The van der Waals surface area contributed by atoms with Gasteiger partial charge in [-0.1, -0.05) is 93.6 Å². The number of benzene rings is 3. The van der Waals surface area contributed by atoms with E-state index in [1.165, 1.54) is 31.4 Å². The van der Waals surface area contributed by atoms with Crippen LogP contribution in [0.15, 0.2) is 61.2 Å². The summed E-state index contributed by atoms with van der Waals surface area (Å²) in [6.07, 6.45) is 9.53. The minimum absolute atomic E-state index is 0.0126. The highest BCUT2D eigenvalue weighted by Gasteiger charge is 2.28. The SMILES string of the molecule is C=CCCC1COC(c2ccc(-c3ccc(-c4ccc(CCCCCCCC)c(F)c4F)cc3)c(F)c2F)OC1. The Labute approximate surface area is 235 Å². The van der Waals surface area contributed by atoms with Crippen molar-refractivity contribution < 1.29 is 27.0 Å². The average Bonchev–Trinajstić information content (AvgIpc) is 2.98. The fourth-order valence-electron chi connectivity index (χ4n) is 5.14. The van der Waals surface area contributed by atoms with Gasteiger partial charge in [-0.25, -0.2) is 17.6 Å². The molecular formula is C34H38F4O2. The first-order valence-corrected chi connectivity index (χ1v) is 14.3. The second-order valence-electron chi connectivity index (χ2n) is 10.6. The zero-order chi connectivity index (χ0) is 28.5. The lowest BCUT2D eigenvalue weighted by Crippen LogP contribution is -2.27. The fourth-order valence-corrected chi connectivity index (χ4v) is 5.14. The molecule has 0 atom stereocenters. The van der Waals surface area contributed by atoms with Crippen LogP contribution in [-0.2, 0) is 15.9 Å². The van der Waals surface area contributed by atoms with Gasteiger partial charge in [-0.2, -0.15) is 0 Å². The highest BCUT2D eigenvalue weighted by Crippen LogP contribution is 2.35. The maximum atomic E-state index is 15.1. The molecule has 0 unspecified atom stereocenters. The third-order valence-electron chi connectivity index (χ3n) is 7.58. The molecule has 1 aliphatic heterocycles. The molecule has 3 aromatic carbocycles. The Bertz CT molecular complexity index is 1260. The zero-order valence-corrected chi connectivity index (χ0v) is 23.2. The topological polar surface area (TPSA) is 18.5 Å². The lowest BCUT2D eigenvalue weighted by Gasteiger charge is -2.29. The minimum Gasteiger partial charge on any atom is -0.348 e. The molecule has 6 heteroatoms. The van der Waals surface area contributed by atoms with Gasteiger partial charge in [-0.15, -0.1) is 6.58 Å². The van der Waals surface area contributed by atoms with E-state index in [4.69, 9.17) is 9.47 Å². The van der Waals surface area contributed by atoms with Crippen molar-refractivity contribution in [3.8, 4) is 22.3 Å². The van der Waals surface area contributed by atoms with Gasteiger partial charge < -0.3 is 9.47 Å². The molecule has 40 heavy (non-hydrogen) atoms. The third kappa shape index (κ3) is 7.21. The number of aryl methyl sites for hydroxylation is 1. The van der Waals surface area contributed by atoms with E-state index in [2.05, 4.69) is 13.5 Å². The molecule has 0 aromatic heterocycles. The molecule has 0 radical (unpaired) electrons. The zero-order valence-electron chi connectivity index (χ0n) is 23.2. The number of unbranched alkanes of at least 4 members (excludes halogenated alkanes) is 5. The van der Waals surface area contributed by atoms with Gasteiger partial charge in [-0.3, -0.25) is 0 Å². The molecule has 1 aliphatic rings. The number of hydrogen-bond donors (Lipinski definition) is 0. The van der Waals surface area contributed by atoms with Crippen molar-refractivity contribution in [2.75, 3.05) is 13.2 Å². The summed E-state index contributed by atoms with van der Waals surface area (Å²) in [5.74, 6) is -3.56. The van der Waals surface area contributed by atoms with Gasteiger partial charge in [0.15, 0.2) is 29.6 Å². The first kappa shape index (κ1) is 30.0. The summed E-state index contributed by atoms with van der Waals surface area (Å²) < 4.78 is 71.2. The maximum Gasteiger partial charge on any atom is 0.186 e. The molecule has 0 saturated carbocycles. The summed E-state index contributed by atoms with van der Waals surface area (Å²) in [7, 11) is 0. The van der Waals surface area contributed by atoms with Gasteiger partial charge in [0.05, 0.1) is 13.2 Å². The van der Waals surface area contributed by atoms with Crippen LogP contribution in [0, 0.1) is 29.2 Å². The smallest absolute Gasteiger partial charge is 0.186 e. The van der Waals surface area contributed by atoms with E-state index in [9.17, 15) is 8.78 Å². The molecule has 0 aliphatic carbocycles. The fraction of sp³-hybridized carbons (Fsp3) is 0.412. The number of hydrogen-bond acceptors (Lipinski definition) is 2. The lowest BCUT2D eigenvalue weighted by atomic mass is 9.96. The molecule has 0 amide bonds. The number of rotatable bonds is 13. The van der Waals surface area contributed by atoms with E-state index in [0.717, 1.165) is 32.1 Å². The summed E-state index contributed by atoms with van der Waals surface area (Å²) in [5, 5.41) is 0. The van der Waals surface area contributed by atoms with Crippen LogP contribution in [0.5, 0.6) is 0 Å². The maximum absolute atomic E-state index is 15.1. The third-order valence-corrected chi connectivity index (χ3v) is 7.58. The Morgan fingerprint density at radius 3 is 1.93 bits per heavy atom. The quantitative estimate of drug-likeness (QED) is 0.119. The minimum atomic E-state index is -1.02. The van der Waals surface area contributed by atoms with E-state index in [1.54, 1.807) is 36.4 Å². The Morgan fingerprint density at radius 2 is 1.30 bits per heavy atom. The molecule has 1 fully saturated rings. The van der Waals surface area contributed by atoms with E-state index in [1.807, 2.05) is 6.08 Å². The van der Waals surface area contributed by atoms with Gasteiger partial charge >= 0.3 is 0 Å². The van der Waals surface area contributed by atoms with Gasteiger partial charge in [0, 0.05) is 22.6 Å². The Hall–Kier alpha value is -2.96. The van der Waals surface area contributed by atoms with Crippen LogP contribution in [0.3, 0.4) is 0 Å². The number of halogens is 4. The van der Waals surface area contributed by atoms with Crippen molar-refractivity contribution in [1.82, 2.24) is 0 Å². The standard InChI is InChI=1S/C34H38F4O2/c1-3-5-7-8-9-10-12-26-17-18-27(31(36)30(26)35)24-13-15-25(16-14-24)28-19-20-29(33(38)32(28)37)34-39-21-23(22-40-34)11-6-4-2/h4,13-20,23,34H,2-3,5-12,21-22H2,1H3. The van der Waals surface area contributed by atoms with Crippen LogP contribution in [0.4, 0.5) is 17.6 Å². The Balaban J connectivity index is 1.43. The monoisotopic (exact) mass is 554 g/mol. The molecule has 1 saturated heterocycles. The van der Waals surface area contributed by atoms with Crippen molar-refractivity contribution in [3.05, 3.63) is 95.6 Å². The molecule has 4 rings (SSSR count). The van der Waals surface area contributed by atoms with Crippen LogP contribution < -0.4 is 0 Å². The molecule has 0 spiro atoms. The van der Waals surface area contributed by atoms with Crippen molar-refractivity contribution >= 4 is 0 Å². The van der Waals surface area contributed by atoms with Crippen LogP contribution in [0.25, 0.3) is 22.3 Å². The molecular weight excluding hydrogens is 516 g/mol. The number of allylic oxidation sites excluding steroid dienone is 1. The Morgan fingerprint density at radius 1 is 0.725 bits per heavy atom. The predicted octanol–water partition coefficient (Wildman–Crippen LogP) is 10.1. The van der Waals surface area contributed by atoms with E-state index >= 15 is 8.78 Å². The van der Waals surface area contributed by atoms with Gasteiger partial charge in [0.1, 0.15) is 0 Å². The van der Waals surface area contributed by atoms with Crippen molar-refractivity contribution in [1.29, 1.82) is 0 Å². The van der Waals surface area contributed by atoms with E-state index < -0.39 is 29.6 Å². The largest absolute Gasteiger partial charge is 0.348 e. The summed E-state index contributed by atoms with van der Waals surface area (Å²) in [4.78, 5) is 0. The summed E-state index contributed by atoms with van der Waals surface area (Å²) in [6, 6.07) is 12.5. The first-order valence-electron chi connectivity index (χ1n) is 14.3.